The maximum atomic E-state index is 5.05. The van der Waals surface area contributed by atoms with Crippen LogP contribution in [0.3, 0.4) is 0 Å². The van der Waals surface area contributed by atoms with Gasteiger partial charge < -0.3 is 0 Å². The van der Waals surface area contributed by atoms with Crippen LogP contribution in [0.25, 0.3) is 0 Å². The zero-order chi connectivity index (χ0) is 23.5. The van der Waals surface area contributed by atoms with Crippen LogP contribution in [0.15, 0.2) is 18.2 Å². The lowest BCUT2D eigenvalue weighted by Crippen LogP contribution is -2.46. The highest BCUT2D eigenvalue weighted by molar-refractivity contribution is 6.53. The monoisotopic (exact) mass is 422 g/mol. The third-order valence-electron chi connectivity index (χ3n) is 5.73. The molecule has 0 atom stereocenters. The molecule has 0 saturated heterocycles. The van der Waals surface area contributed by atoms with Crippen molar-refractivity contribution in [1.29, 1.82) is 0 Å². The highest BCUT2D eigenvalue weighted by Gasteiger charge is 2.35. The minimum absolute atomic E-state index is 0.0357. The predicted molar refractivity (Wildman–Crippen MR) is 129 cm³/mol. The minimum Gasteiger partial charge on any atom is -0.266 e. The summed E-state index contributed by atoms with van der Waals surface area (Å²) in [4.78, 5) is 0. The summed E-state index contributed by atoms with van der Waals surface area (Å²) < 4.78 is 6.21. The Balaban J connectivity index is 2.28. The molecule has 3 aromatic rings. The number of hydrogen-bond donors (Lipinski definition) is 0. The first kappa shape index (κ1) is 23.4. The van der Waals surface area contributed by atoms with E-state index in [1.54, 1.807) is 0 Å². The van der Waals surface area contributed by atoms with Crippen molar-refractivity contribution in [2.45, 2.75) is 99.3 Å². The van der Waals surface area contributed by atoms with Gasteiger partial charge in [0.25, 0.3) is 0 Å². The van der Waals surface area contributed by atoms with Crippen molar-refractivity contribution < 1.29 is 0 Å². The van der Waals surface area contributed by atoms with E-state index in [9.17, 15) is 0 Å². The molecule has 6 nitrogen and oxygen atoms in total. The average Bonchev–Trinajstić information content (AvgIpc) is 3.26. The molecule has 0 N–H and O–H groups in total. The molecule has 0 spiro atoms. The number of rotatable bonds is 3. The maximum Gasteiger partial charge on any atom is 0.569 e. The van der Waals surface area contributed by atoms with E-state index < -0.39 is 0 Å². The minimum atomic E-state index is -0.303. The molecule has 7 heteroatoms. The molecule has 0 aliphatic rings. The van der Waals surface area contributed by atoms with Gasteiger partial charge in [0, 0.05) is 33.3 Å². The highest BCUT2D eigenvalue weighted by Crippen LogP contribution is 2.26. The highest BCUT2D eigenvalue weighted by atomic mass is 15.5. The average molecular weight is 422 g/mol. The van der Waals surface area contributed by atoms with Gasteiger partial charge in [-0.3, -0.25) is 13.8 Å². The zero-order valence-corrected chi connectivity index (χ0v) is 21.5. The molecule has 0 unspecified atom stereocenters. The molecule has 31 heavy (non-hydrogen) atoms. The van der Waals surface area contributed by atoms with Crippen LogP contribution in [0.4, 0.5) is 0 Å². The van der Waals surface area contributed by atoms with Gasteiger partial charge in [0.15, 0.2) is 0 Å². The lowest BCUT2D eigenvalue weighted by atomic mass is 9.92. The quantitative estimate of drug-likeness (QED) is 0.557. The first-order valence-electron chi connectivity index (χ1n) is 11.2. The van der Waals surface area contributed by atoms with Crippen LogP contribution < -0.4 is 0 Å². The van der Waals surface area contributed by atoms with Crippen LogP contribution >= 0.6 is 0 Å². The van der Waals surface area contributed by atoms with Crippen molar-refractivity contribution in [3.8, 4) is 0 Å². The van der Waals surface area contributed by atoms with E-state index in [-0.39, 0.29) is 23.4 Å². The Morgan fingerprint density at radius 2 is 0.742 bits per heavy atom. The Morgan fingerprint density at radius 1 is 0.516 bits per heavy atom. The first-order chi connectivity index (χ1) is 14.0. The van der Waals surface area contributed by atoms with Gasteiger partial charge in [-0.2, -0.15) is 15.3 Å². The van der Waals surface area contributed by atoms with Crippen LogP contribution in [0, 0.1) is 20.8 Å². The molecule has 3 heterocycles. The summed E-state index contributed by atoms with van der Waals surface area (Å²) in [5.74, 6) is 0. The molecular weight excluding hydrogens is 383 g/mol. The van der Waals surface area contributed by atoms with Gasteiger partial charge >= 0.3 is 7.12 Å². The first-order valence-corrected chi connectivity index (χ1v) is 11.2. The summed E-state index contributed by atoms with van der Waals surface area (Å²) in [5, 5.41) is 15.2. The van der Waals surface area contributed by atoms with E-state index >= 15 is 0 Å². The smallest absolute Gasteiger partial charge is 0.266 e. The maximum absolute atomic E-state index is 5.05. The SMILES string of the molecule is Cc1cc(C(C)(C)C)nn1B(n1nc(C(C)(C)C)cc1C)n1nc(C(C)(C)C)cc1C. The molecule has 0 fully saturated rings. The van der Waals surface area contributed by atoms with E-state index in [1.165, 1.54) is 0 Å². The fraction of sp³-hybridized carbons (Fsp3) is 0.625. The lowest BCUT2D eigenvalue weighted by molar-refractivity contribution is 0.550. The Hall–Kier alpha value is -2.31. The third kappa shape index (κ3) is 4.51. The van der Waals surface area contributed by atoms with Crippen molar-refractivity contribution in [1.82, 2.24) is 29.1 Å². The summed E-state index contributed by atoms with van der Waals surface area (Å²) in [6, 6.07) is 6.54. The number of hydrogen-bond acceptors (Lipinski definition) is 3. The molecule has 0 aromatic carbocycles. The third-order valence-corrected chi connectivity index (χ3v) is 5.73. The largest absolute Gasteiger partial charge is 0.569 e. The standard InChI is InChI=1S/C24H39BN6/c1-16-13-19(22(4,5)6)26-29(16)25(30-17(2)14-20(27-30)23(7,8)9)31-18(3)15-21(28-31)24(10,11)12/h13-15H,1-12H3. The van der Waals surface area contributed by atoms with Gasteiger partial charge in [0.2, 0.25) is 0 Å². The second-order valence-corrected chi connectivity index (χ2v) is 11.9. The van der Waals surface area contributed by atoms with Gasteiger partial charge in [-0.15, -0.1) is 0 Å². The van der Waals surface area contributed by atoms with Gasteiger partial charge in [-0.05, 0) is 39.0 Å². The van der Waals surface area contributed by atoms with Crippen molar-refractivity contribution in [2.24, 2.45) is 0 Å². The second-order valence-electron chi connectivity index (χ2n) is 11.9. The lowest BCUT2D eigenvalue weighted by Gasteiger charge is -2.20. The Labute approximate surface area is 188 Å². The van der Waals surface area contributed by atoms with Gasteiger partial charge in [0.1, 0.15) is 0 Å². The van der Waals surface area contributed by atoms with E-state index in [4.69, 9.17) is 15.3 Å². The van der Waals surface area contributed by atoms with Crippen molar-refractivity contribution in [2.75, 3.05) is 0 Å². The fourth-order valence-electron chi connectivity index (χ4n) is 3.58. The van der Waals surface area contributed by atoms with Crippen LogP contribution in [0.1, 0.15) is 96.5 Å². The summed E-state index contributed by atoms with van der Waals surface area (Å²) in [5.41, 5.74) is 6.37. The molecule has 0 bridgehead atoms. The summed E-state index contributed by atoms with van der Waals surface area (Å²) in [6.45, 7) is 26.1. The van der Waals surface area contributed by atoms with Crippen molar-refractivity contribution in [3.05, 3.63) is 52.4 Å². The van der Waals surface area contributed by atoms with Gasteiger partial charge in [-0.25, -0.2) is 0 Å². The summed E-state index contributed by atoms with van der Waals surface area (Å²) in [7, 11) is -0.303. The molecule has 3 rings (SSSR count). The summed E-state index contributed by atoms with van der Waals surface area (Å²) >= 11 is 0. The molecule has 0 amide bonds. The normalized spacial score (nSPS) is 13.2. The number of aryl methyl sites for hydroxylation is 3. The molecule has 0 aliphatic heterocycles. The molecule has 0 radical (unpaired) electrons. The van der Waals surface area contributed by atoms with E-state index in [0.717, 1.165) is 34.2 Å². The fourth-order valence-corrected chi connectivity index (χ4v) is 3.58. The van der Waals surface area contributed by atoms with E-state index in [0.29, 0.717) is 0 Å². The molecule has 168 valence electrons. The van der Waals surface area contributed by atoms with Crippen molar-refractivity contribution >= 4 is 7.12 Å². The number of nitrogens with zero attached hydrogens (tertiary/aromatic N) is 6. The second kappa shape index (κ2) is 7.39. The van der Waals surface area contributed by atoms with Gasteiger partial charge in [0.05, 0.1) is 17.1 Å². The zero-order valence-electron chi connectivity index (χ0n) is 21.5. The van der Waals surface area contributed by atoms with Crippen molar-refractivity contribution in [3.63, 3.8) is 0 Å². The molecule has 0 aliphatic carbocycles. The topological polar surface area (TPSA) is 53.5 Å². The van der Waals surface area contributed by atoms with E-state index in [2.05, 4.69) is 115 Å². The Morgan fingerprint density at radius 3 is 0.903 bits per heavy atom. The summed E-state index contributed by atoms with van der Waals surface area (Å²) in [6.07, 6.45) is 0. The molecule has 0 saturated carbocycles. The Bertz CT molecular complexity index is 941. The molecular formula is C24H39BN6. The van der Waals surface area contributed by atoms with Crippen LogP contribution in [0.5, 0.6) is 0 Å². The van der Waals surface area contributed by atoms with Crippen LogP contribution in [-0.4, -0.2) is 36.2 Å². The number of aromatic nitrogens is 6. The van der Waals surface area contributed by atoms with Crippen LogP contribution in [0.2, 0.25) is 0 Å². The molecule has 3 aromatic heterocycles. The van der Waals surface area contributed by atoms with E-state index in [1.807, 2.05) is 0 Å². The van der Waals surface area contributed by atoms with Crippen LogP contribution in [-0.2, 0) is 16.2 Å². The predicted octanol–water partition coefficient (Wildman–Crippen LogP) is 5.02. The van der Waals surface area contributed by atoms with Gasteiger partial charge in [-0.1, -0.05) is 62.3 Å². The Kier molecular flexibility index (Phi) is 5.57.